The minimum absolute atomic E-state index is 0.0509. The van der Waals surface area contributed by atoms with Gasteiger partial charge in [0.1, 0.15) is 0 Å². The highest BCUT2D eigenvalue weighted by atomic mass is 16.5. The molecule has 3 rings (SSSR count). The molecule has 0 spiro atoms. The molecule has 0 saturated heterocycles. The molecule has 0 unspecified atom stereocenters. The Labute approximate surface area is 148 Å². The second-order valence-corrected chi connectivity index (χ2v) is 6.24. The van der Waals surface area contributed by atoms with Gasteiger partial charge in [0.25, 0.3) is 0 Å². The van der Waals surface area contributed by atoms with E-state index < -0.39 is 0 Å². The predicted octanol–water partition coefficient (Wildman–Crippen LogP) is 3.72. The molecule has 1 atom stereocenters. The standard InChI is InChI=1S/C20H24N2O3/c1-14-6-3-4-7-17(14)15(2)22-20(23)21-13-16-8-9-18-19(12-16)25-11-5-10-24-18/h3-4,6-9,12,15H,5,10-11,13H2,1-2H3,(H2,21,22,23)/t15-/m0/s1. The number of amides is 2. The van der Waals surface area contributed by atoms with Crippen molar-refractivity contribution in [3.8, 4) is 11.5 Å². The molecular weight excluding hydrogens is 316 g/mol. The van der Waals surface area contributed by atoms with Gasteiger partial charge in [0, 0.05) is 13.0 Å². The Bertz CT molecular complexity index is 745. The Balaban J connectivity index is 1.55. The van der Waals surface area contributed by atoms with Crippen LogP contribution in [0.1, 0.15) is 36.1 Å². The Kier molecular flexibility index (Phi) is 5.43. The van der Waals surface area contributed by atoms with Crippen molar-refractivity contribution in [1.82, 2.24) is 10.6 Å². The van der Waals surface area contributed by atoms with E-state index in [9.17, 15) is 4.79 Å². The first-order valence-corrected chi connectivity index (χ1v) is 8.62. The summed E-state index contributed by atoms with van der Waals surface area (Å²) in [6.07, 6.45) is 0.876. The SMILES string of the molecule is Cc1ccccc1[C@H](C)NC(=O)NCc1ccc2c(c1)OCCCO2. The van der Waals surface area contributed by atoms with Gasteiger partial charge in [-0.2, -0.15) is 0 Å². The molecule has 5 nitrogen and oxygen atoms in total. The molecule has 2 N–H and O–H groups in total. The fourth-order valence-electron chi connectivity index (χ4n) is 2.90. The average Bonchev–Trinajstić information content (AvgIpc) is 2.85. The Hall–Kier alpha value is -2.69. The summed E-state index contributed by atoms with van der Waals surface area (Å²) in [6.45, 7) is 5.78. The number of hydrogen-bond donors (Lipinski definition) is 2. The molecule has 0 aromatic heterocycles. The van der Waals surface area contributed by atoms with Gasteiger partial charge in [0.15, 0.2) is 11.5 Å². The number of aryl methyl sites for hydroxylation is 1. The number of carbonyl (C=O) groups excluding carboxylic acids is 1. The van der Waals surface area contributed by atoms with Gasteiger partial charge >= 0.3 is 6.03 Å². The number of fused-ring (bicyclic) bond motifs is 1. The number of ether oxygens (including phenoxy) is 2. The minimum atomic E-state index is -0.192. The van der Waals surface area contributed by atoms with Crippen molar-refractivity contribution >= 4 is 6.03 Å². The van der Waals surface area contributed by atoms with Crippen LogP contribution in [0.4, 0.5) is 4.79 Å². The van der Waals surface area contributed by atoms with Crippen molar-refractivity contribution in [2.75, 3.05) is 13.2 Å². The van der Waals surface area contributed by atoms with E-state index in [2.05, 4.69) is 10.6 Å². The number of rotatable bonds is 4. The zero-order valence-electron chi connectivity index (χ0n) is 14.7. The Morgan fingerprint density at radius 3 is 2.68 bits per heavy atom. The van der Waals surface area contributed by atoms with E-state index in [-0.39, 0.29) is 12.1 Å². The van der Waals surface area contributed by atoms with E-state index in [0.29, 0.717) is 19.8 Å². The lowest BCUT2D eigenvalue weighted by atomic mass is 10.0. The van der Waals surface area contributed by atoms with Crippen molar-refractivity contribution in [3.05, 3.63) is 59.2 Å². The normalized spacial score (nSPS) is 14.3. The largest absolute Gasteiger partial charge is 0.490 e. The molecule has 0 saturated carbocycles. The highest BCUT2D eigenvalue weighted by Crippen LogP contribution is 2.30. The van der Waals surface area contributed by atoms with Gasteiger partial charge in [-0.25, -0.2) is 4.79 Å². The Morgan fingerprint density at radius 1 is 1.12 bits per heavy atom. The third kappa shape index (κ3) is 4.44. The van der Waals surface area contributed by atoms with Crippen LogP contribution in [0.5, 0.6) is 11.5 Å². The van der Waals surface area contributed by atoms with Crippen molar-refractivity contribution in [2.24, 2.45) is 0 Å². The van der Waals surface area contributed by atoms with Gasteiger partial charge in [0.2, 0.25) is 0 Å². The molecule has 132 valence electrons. The van der Waals surface area contributed by atoms with Crippen molar-refractivity contribution in [2.45, 2.75) is 32.9 Å². The van der Waals surface area contributed by atoms with E-state index in [4.69, 9.17) is 9.47 Å². The van der Waals surface area contributed by atoms with Crippen LogP contribution in [0.2, 0.25) is 0 Å². The summed E-state index contributed by atoms with van der Waals surface area (Å²) in [5.74, 6) is 1.50. The van der Waals surface area contributed by atoms with Crippen LogP contribution >= 0.6 is 0 Å². The highest BCUT2D eigenvalue weighted by molar-refractivity contribution is 5.74. The summed E-state index contributed by atoms with van der Waals surface area (Å²) < 4.78 is 11.3. The van der Waals surface area contributed by atoms with E-state index in [1.54, 1.807) is 0 Å². The van der Waals surface area contributed by atoms with E-state index in [1.807, 2.05) is 56.3 Å². The highest BCUT2D eigenvalue weighted by Gasteiger charge is 2.13. The molecule has 1 aliphatic rings. The molecule has 2 amide bonds. The molecule has 0 fully saturated rings. The van der Waals surface area contributed by atoms with E-state index in [0.717, 1.165) is 29.0 Å². The monoisotopic (exact) mass is 340 g/mol. The summed E-state index contributed by atoms with van der Waals surface area (Å²) in [5, 5.41) is 5.87. The summed E-state index contributed by atoms with van der Waals surface area (Å²) in [7, 11) is 0. The number of nitrogens with one attached hydrogen (secondary N) is 2. The van der Waals surface area contributed by atoms with E-state index >= 15 is 0 Å². The molecular formula is C20H24N2O3. The molecule has 2 aromatic carbocycles. The fourth-order valence-corrected chi connectivity index (χ4v) is 2.90. The third-order valence-corrected chi connectivity index (χ3v) is 4.27. The van der Waals surface area contributed by atoms with Gasteiger partial charge in [-0.3, -0.25) is 0 Å². The number of urea groups is 1. The zero-order valence-corrected chi connectivity index (χ0v) is 14.7. The maximum absolute atomic E-state index is 12.2. The summed E-state index contributed by atoms with van der Waals surface area (Å²) in [6, 6.07) is 13.6. The smallest absolute Gasteiger partial charge is 0.315 e. The first-order chi connectivity index (χ1) is 12.1. The molecule has 0 aliphatic carbocycles. The number of hydrogen-bond acceptors (Lipinski definition) is 3. The lowest BCUT2D eigenvalue weighted by Gasteiger charge is -2.17. The van der Waals surface area contributed by atoms with Gasteiger partial charge in [-0.1, -0.05) is 30.3 Å². The van der Waals surface area contributed by atoms with Gasteiger partial charge in [-0.05, 0) is 42.7 Å². The van der Waals surface area contributed by atoms with Gasteiger partial charge in [-0.15, -0.1) is 0 Å². The van der Waals surface area contributed by atoms with Crippen LogP contribution in [0.25, 0.3) is 0 Å². The molecule has 2 aromatic rings. The first kappa shape index (κ1) is 17.1. The number of benzene rings is 2. The van der Waals surface area contributed by atoms with Crippen LogP contribution in [0.3, 0.4) is 0 Å². The van der Waals surface area contributed by atoms with Crippen LogP contribution in [0, 0.1) is 6.92 Å². The van der Waals surface area contributed by atoms with Gasteiger partial charge in [0.05, 0.1) is 19.3 Å². The topological polar surface area (TPSA) is 59.6 Å². The molecule has 0 radical (unpaired) electrons. The summed E-state index contributed by atoms with van der Waals surface area (Å²) >= 11 is 0. The summed E-state index contributed by atoms with van der Waals surface area (Å²) in [4.78, 5) is 12.2. The predicted molar refractivity (Wildman–Crippen MR) is 97.0 cm³/mol. The maximum Gasteiger partial charge on any atom is 0.315 e. The molecule has 5 heteroatoms. The lowest BCUT2D eigenvalue weighted by molar-refractivity contribution is 0.237. The van der Waals surface area contributed by atoms with Crippen molar-refractivity contribution in [1.29, 1.82) is 0 Å². The number of carbonyl (C=O) groups is 1. The van der Waals surface area contributed by atoms with Crippen molar-refractivity contribution < 1.29 is 14.3 Å². The maximum atomic E-state index is 12.2. The summed E-state index contributed by atoms with van der Waals surface area (Å²) in [5.41, 5.74) is 3.26. The van der Waals surface area contributed by atoms with Crippen LogP contribution in [0.15, 0.2) is 42.5 Å². The average molecular weight is 340 g/mol. The lowest BCUT2D eigenvalue weighted by Crippen LogP contribution is -2.36. The van der Waals surface area contributed by atoms with Crippen molar-refractivity contribution in [3.63, 3.8) is 0 Å². The van der Waals surface area contributed by atoms with E-state index in [1.165, 1.54) is 5.56 Å². The molecule has 1 aliphatic heterocycles. The molecule has 0 bridgehead atoms. The quantitative estimate of drug-likeness (QED) is 0.892. The second kappa shape index (κ2) is 7.92. The van der Waals surface area contributed by atoms with Gasteiger partial charge < -0.3 is 20.1 Å². The minimum Gasteiger partial charge on any atom is -0.490 e. The first-order valence-electron chi connectivity index (χ1n) is 8.62. The third-order valence-electron chi connectivity index (χ3n) is 4.27. The Morgan fingerprint density at radius 2 is 1.88 bits per heavy atom. The second-order valence-electron chi connectivity index (χ2n) is 6.24. The molecule has 1 heterocycles. The van der Waals surface area contributed by atoms with Crippen LogP contribution < -0.4 is 20.1 Å². The van der Waals surface area contributed by atoms with Crippen LogP contribution in [-0.4, -0.2) is 19.2 Å². The zero-order chi connectivity index (χ0) is 17.6. The fraction of sp³-hybridized carbons (Fsp3) is 0.350. The molecule has 25 heavy (non-hydrogen) atoms. The van der Waals surface area contributed by atoms with Crippen LogP contribution in [-0.2, 0) is 6.54 Å².